The SMILES string of the molecule is CC(N)Cc1ccc(Cl)cc1N1CCCOCC1. The van der Waals surface area contributed by atoms with Gasteiger partial charge in [0.1, 0.15) is 0 Å². The molecule has 1 saturated heterocycles. The predicted molar refractivity (Wildman–Crippen MR) is 76.5 cm³/mol. The molecule has 2 rings (SSSR count). The molecule has 100 valence electrons. The lowest BCUT2D eigenvalue weighted by Gasteiger charge is -2.25. The zero-order valence-electron chi connectivity index (χ0n) is 10.9. The summed E-state index contributed by atoms with van der Waals surface area (Å²) in [6.07, 6.45) is 1.94. The van der Waals surface area contributed by atoms with Gasteiger partial charge in [0.2, 0.25) is 0 Å². The van der Waals surface area contributed by atoms with Gasteiger partial charge in [-0.05, 0) is 37.5 Å². The molecule has 2 N–H and O–H groups in total. The Kier molecular flexibility index (Phi) is 4.87. The fraction of sp³-hybridized carbons (Fsp3) is 0.571. The van der Waals surface area contributed by atoms with E-state index in [4.69, 9.17) is 22.1 Å². The quantitative estimate of drug-likeness (QED) is 0.915. The van der Waals surface area contributed by atoms with E-state index in [0.29, 0.717) is 0 Å². The molecule has 1 aliphatic heterocycles. The van der Waals surface area contributed by atoms with E-state index < -0.39 is 0 Å². The van der Waals surface area contributed by atoms with E-state index in [2.05, 4.69) is 11.0 Å². The van der Waals surface area contributed by atoms with E-state index in [1.165, 1.54) is 11.3 Å². The number of anilines is 1. The summed E-state index contributed by atoms with van der Waals surface area (Å²) in [6.45, 7) is 5.60. The van der Waals surface area contributed by atoms with Crippen LogP contribution in [0.5, 0.6) is 0 Å². The molecule has 0 bridgehead atoms. The Morgan fingerprint density at radius 2 is 2.22 bits per heavy atom. The summed E-state index contributed by atoms with van der Waals surface area (Å²) in [4.78, 5) is 2.36. The fourth-order valence-corrected chi connectivity index (χ4v) is 2.50. The first-order valence-corrected chi connectivity index (χ1v) is 6.91. The van der Waals surface area contributed by atoms with Gasteiger partial charge in [0.05, 0.1) is 6.61 Å². The smallest absolute Gasteiger partial charge is 0.0641 e. The molecule has 3 nitrogen and oxygen atoms in total. The summed E-state index contributed by atoms with van der Waals surface area (Å²) in [5.41, 5.74) is 8.40. The second-order valence-corrected chi connectivity index (χ2v) is 5.34. The van der Waals surface area contributed by atoms with E-state index in [-0.39, 0.29) is 6.04 Å². The van der Waals surface area contributed by atoms with Crippen LogP contribution in [0.2, 0.25) is 5.02 Å². The van der Waals surface area contributed by atoms with Gasteiger partial charge >= 0.3 is 0 Å². The van der Waals surface area contributed by atoms with Gasteiger partial charge in [-0.2, -0.15) is 0 Å². The lowest BCUT2D eigenvalue weighted by Crippen LogP contribution is -2.28. The summed E-state index contributed by atoms with van der Waals surface area (Å²) in [6, 6.07) is 6.24. The molecule has 1 aromatic carbocycles. The molecular formula is C14H21ClN2O. The average molecular weight is 269 g/mol. The molecule has 0 radical (unpaired) electrons. The minimum atomic E-state index is 0.160. The molecule has 0 amide bonds. The van der Waals surface area contributed by atoms with Crippen molar-refractivity contribution >= 4 is 17.3 Å². The van der Waals surface area contributed by atoms with Gasteiger partial charge in [-0.3, -0.25) is 0 Å². The summed E-state index contributed by atoms with van der Waals surface area (Å²) in [5, 5.41) is 0.781. The van der Waals surface area contributed by atoms with E-state index in [1.807, 2.05) is 19.1 Å². The van der Waals surface area contributed by atoms with Gasteiger partial charge in [-0.25, -0.2) is 0 Å². The van der Waals surface area contributed by atoms with Gasteiger partial charge < -0.3 is 15.4 Å². The zero-order chi connectivity index (χ0) is 13.0. The minimum Gasteiger partial charge on any atom is -0.380 e. The number of rotatable bonds is 3. The highest BCUT2D eigenvalue weighted by atomic mass is 35.5. The number of hydrogen-bond donors (Lipinski definition) is 1. The van der Waals surface area contributed by atoms with Crippen molar-refractivity contribution in [3.05, 3.63) is 28.8 Å². The third kappa shape index (κ3) is 3.61. The maximum absolute atomic E-state index is 6.12. The fourth-order valence-electron chi connectivity index (χ4n) is 2.34. The number of nitrogens with zero attached hydrogens (tertiary/aromatic N) is 1. The number of benzene rings is 1. The lowest BCUT2D eigenvalue weighted by atomic mass is 10.0. The van der Waals surface area contributed by atoms with Crippen molar-refractivity contribution in [1.82, 2.24) is 0 Å². The van der Waals surface area contributed by atoms with E-state index in [0.717, 1.165) is 44.2 Å². The maximum atomic E-state index is 6.12. The Labute approximate surface area is 114 Å². The van der Waals surface area contributed by atoms with Crippen LogP contribution in [0.25, 0.3) is 0 Å². The second-order valence-electron chi connectivity index (χ2n) is 4.91. The van der Waals surface area contributed by atoms with Crippen LogP contribution in [0, 0.1) is 0 Å². The van der Waals surface area contributed by atoms with E-state index in [9.17, 15) is 0 Å². The third-order valence-corrected chi connectivity index (χ3v) is 3.39. The molecule has 0 aliphatic carbocycles. The topological polar surface area (TPSA) is 38.5 Å². The monoisotopic (exact) mass is 268 g/mol. The van der Waals surface area contributed by atoms with Gasteiger partial charge in [0.15, 0.2) is 0 Å². The van der Waals surface area contributed by atoms with Crippen molar-refractivity contribution in [2.24, 2.45) is 5.73 Å². The van der Waals surface area contributed by atoms with Gasteiger partial charge in [0, 0.05) is 36.4 Å². The van der Waals surface area contributed by atoms with Crippen LogP contribution in [0.1, 0.15) is 18.9 Å². The zero-order valence-corrected chi connectivity index (χ0v) is 11.6. The Balaban J connectivity index is 2.24. The molecule has 1 fully saturated rings. The number of hydrogen-bond acceptors (Lipinski definition) is 3. The summed E-state index contributed by atoms with van der Waals surface area (Å²) in [5.74, 6) is 0. The molecule has 0 aromatic heterocycles. The maximum Gasteiger partial charge on any atom is 0.0641 e. The van der Waals surface area contributed by atoms with Crippen molar-refractivity contribution in [1.29, 1.82) is 0 Å². The Hall–Kier alpha value is -0.770. The molecular weight excluding hydrogens is 248 g/mol. The van der Waals surface area contributed by atoms with E-state index >= 15 is 0 Å². The van der Waals surface area contributed by atoms with Crippen LogP contribution < -0.4 is 10.6 Å². The predicted octanol–water partition coefficient (Wildman–Crippen LogP) is 2.46. The molecule has 1 atom stereocenters. The van der Waals surface area contributed by atoms with Crippen LogP contribution in [-0.2, 0) is 11.2 Å². The van der Waals surface area contributed by atoms with Crippen molar-refractivity contribution in [2.75, 3.05) is 31.2 Å². The Morgan fingerprint density at radius 3 is 3.00 bits per heavy atom. The number of halogens is 1. The molecule has 1 aromatic rings. The average Bonchev–Trinajstić information content (AvgIpc) is 2.59. The first-order valence-electron chi connectivity index (χ1n) is 6.53. The molecule has 0 spiro atoms. The second kappa shape index (κ2) is 6.41. The minimum absolute atomic E-state index is 0.160. The van der Waals surface area contributed by atoms with Crippen molar-refractivity contribution in [3.8, 4) is 0 Å². The lowest BCUT2D eigenvalue weighted by molar-refractivity contribution is 0.152. The van der Waals surface area contributed by atoms with E-state index in [1.54, 1.807) is 0 Å². The first-order chi connectivity index (χ1) is 8.66. The number of nitrogens with two attached hydrogens (primary N) is 1. The van der Waals surface area contributed by atoms with Crippen LogP contribution in [0.4, 0.5) is 5.69 Å². The summed E-state index contributed by atoms with van der Waals surface area (Å²) in [7, 11) is 0. The van der Waals surface area contributed by atoms with Gasteiger partial charge in [-0.1, -0.05) is 17.7 Å². The van der Waals surface area contributed by atoms with Crippen LogP contribution >= 0.6 is 11.6 Å². The van der Waals surface area contributed by atoms with Gasteiger partial charge in [0.25, 0.3) is 0 Å². The largest absolute Gasteiger partial charge is 0.380 e. The van der Waals surface area contributed by atoms with Crippen molar-refractivity contribution in [3.63, 3.8) is 0 Å². The molecule has 1 unspecified atom stereocenters. The highest BCUT2D eigenvalue weighted by Crippen LogP contribution is 2.26. The molecule has 4 heteroatoms. The van der Waals surface area contributed by atoms with Crippen LogP contribution in [-0.4, -0.2) is 32.3 Å². The molecule has 1 heterocycles. The first kappa shape index (κ1) is 13.7. The Bertz CT molecular complexity index is 387. The summed E-state index contributed by atoms with van der Waals surface area (Å²) >= 11 is 6.12. The third-order valence-electron chi connectivity index (χ3n) is 3.15. The summed E-state index contributed by atoms with van der Waals surface area (Å²) < 4.78 is 5.50. The van der Waals surface area contributed by atoms with Crippen LogP contribution in [0.3, 0.4) is 0 Å². The molecule has 1 aliphatic rings. The molecule has 0 saturated carbocycles. The van der Waals surface area contributed by atoms with Crippen molar-refractivity contribution < 1.29 is 4.74 Å². The highest BCUT2D eigenvalue weighted by molar-refractivity contribution is 6.30. The Morgan fingerprint density at radius 1 is 1.39 bits per heavy atom. The van der Waals surface area contributed by atoms with Gasteiger partial charge in [-0.15, -0.1) is 0 Å². The number of ether oxygens (including phenoxy) is 1. The van der Waals surface area contributed by atoms with Crippen molar-refractivity contribution in [2.45, 2.75) is 25.8 Å². The molecule has 18 heavy (non-hydrogen) atoms. The highest BCUT2D eigenvalue weighted by Gasteiger charge is 2.15. The van der Waals surface area contributed by atoms with Crippen LogP contribution in [0.15, 0.2) is 18.2 Å². The standard InChI is InChI=1S/C14H21ClN2O/c1-11(16)9-12-3-4-13(15)10-14(12)17-5-2-7-18-8-6-17/h3-4,10-11H,2,5-9,16H2,1H3. The normalized spacial score (nSPS) is 18.5.